The van der Waals surface area contributed by atoms with Crippen LogP contribution in [0.1, 0.15) is 28.1 Å². The molecule has 0 unspecified atom stereocenters. The summed E-state index contributed by atoms with van der Waals surface area (Å²) < 4.78 is 40.8. The highest BCUT2D eigenvalue weighted by Gasteiger charge is 2.30. The first kappa shape index (κ1) is 24.5. The Morgan fingerprint density at radius 3 is 2.43 bits per heavy atom. The minimum atomic E-state index is -4.48. The second-order valence-electron chi connectivity index (χ2n) is 8.08. The van der Waals surface area contributed by atoms with Crippen LogP contribution in [-0.2, 0) is 17.4 Å². The number of nitrogens with one attached hydrogen (secondary N) is 1. The summed E-state index contributed by atoms with van der Waals surface area (Å²) in [4.78, 5) is 12.5. The molecule has 0 aliphatic rings. The van der Waals surface area contributed by atoms with Crippen molar-refractivity contribution in [1.29, 1.82) is 0 Å². The zero-order valence-electron chi connectivity index (χ0n) is 19.1. The molecule has 0 fully saturated rings. The number of alkyl halides is 3. The van der Waals surface area contributed by atoms with Crippen molar-refractivity contribution in [3.8, 4) is 5.69 Å². The smallest absolute Gasteiger partial charge is 0.325 e. The lowest BCUT2D eigenvalue weighted by Crippen LogP contribution is -2.15. The largest absolute Gasteiger partial charge is 0.416 e. The highest BCUT2D eigenvalue weighted by Crippen LogP contribution is 2.31. The van der Waals surface area contributed by atoms with Crippen LogP contribution >= 0.6 is 11.8 Å². The van der Waals surface area contributed by atoms with E-state index in [1.54, 1.807) is 0 Å². The Kier molecular flexibility index (Phi) is 7.25. The number of carbonyl (C=O) groups is 1. The van der Waals surface area contributed by atoms with Gasteiger partial charge in [-0.15, -0.1) is 10.2 Å². The first-order valence-electron chi connectivity index (χ1n) is 10.9. The van der Waals surface area contributed by atoms with Gasteiger partial charge in [-0.05, 0) is 60.9 Å². The van der Waals surface area contributed by atoms with Gasteiger partial charge in [0.1, 0.15) is 5.82 Å². The summed E-state index contributed by atoms with van der Waals surface area (Å²) in [7, 11) is 0. The van der Waals surface area contributed by atoms with Crippen molar-refractivity contribution < 1.29 is 18.0 Å². The van der Waals surface area contributed by atoms with Crippen LogP contribution in [0.5, 0.6) is 0 Å². The maximum absolute atomic E-state index is 13.0. The number of halogens is 3. The predicted molar refractivity (Wildman–Crippen MR) is 131 cm³/mol. The highest BCUT2D eigenvalue weighted by molar-refractivity contribution is 7.99. The Balaban J connectivity index is 1.55. The number of carbonyl (C=O) groups excluding carboxylic acids is 1. The number of aromatic nitrogens is 3. The number of benzene rings is 3. The molecule has 35 heavy (non-hydrogen) atoms. The zero-order valence-corrected chi connectivity index (χ0v) is 20.0. The van der Waals surface area contributed by atoms with Gasteiger partial charge in [0.15, 0.2) is 5.16 Å². The van der Waals surface area contributed by atoms with Crippen LogP contribution in [0.4, 0.5) is 18.9 Å². The fourth-order valence-corrected chi connectivity index (χ4v) is 4.28. The van der Waals surface area contributed by atoms with Gasteiger partial charge in [-0.2, -0.15) is 13.2 Å². The van der Waals surface area contributed by atoms with Crippen LogP contribution in [-0.4, -0.2) is 26.4 Å². The molecule has 1 N–H and O–H groups in total. The van der Waals surface area contributed by atoms with Crippen LogP contribution < -0.4 is 5.32 Å². The fraction of sp³-hybridized carbons (Fsp3) is 0.192. The molecule has 1 amide bonds. The minimum absolute atomic E-state index is 0.0371. The Bertz CT molecular complexity index is 1340. The van der Waals surface area contributed by atoms with Gasteiger partial charge in [0.2, 0.25) is 5.91 Å². The molecule has 0 atom stereocenters. The van der Waals surface area contributed by atoms with Crippen molar-refractivity contribution in [2.24, 2.45) is 0 Å². The van der Waals surface area contributed by atoms with Crippen molar-refractivity contribution in [3.63, 3.8) is 0 Å². The number of thioether (sulfide) groups is 1. The Labute approximate surface area is 205 Å². The van der Waals surface area contributed by atoms with E-state index in [0.29, 0.717) is 11.6 Å². The van der Waals surface area contributed by atoms with E-state index in [4.69, 9.17) is 0 Å². The monoisotopic (exact) mass is 496 g/mol. The number of nitrogens with zero attached hydrogens (tertiary/aromatic N) is 3. The molecule has 3 aromatic carbocycles. The lowest BCUT2D eigenvalue weighted by atomic mass is 10.1. The highest BCUT2D eigenvalue weighted by atomic mass is 32.2. The topological polar surface area (TPSA) is 59.8 Å². The number of amides is 1. The van der Waals surface area contributed by atoms with Crippen molar-refractivity contribution >= 4 is 23.4 Å². The first-order valence-corrected chi connectivity index (χ1v) is 11.8. The molecular weight excluding hydrogens is 473 g/mol. The molecule has 0 aliphatic heterocycles. The number of hydrogen-bond donors (Lipinski definition) is 1. The third-order valence-electron chi connectivity index (χ3n) is 5.46. The van der Waals surface area contributed by atoms with E-state index in [0.717, 1.165) is 40.3 Å². The number of hydrogen-bond acceptors (Lipinski definition) is 4. The maximum atomic E-state index is 13.0. The van der Waals surface area contributed by atoms with Gasteiger partial charge in [-0.3, -0.25) is 9.36 Å². The van der Waals surface area contributed by atoms with Crippen molar-refractivity contribution in [3.05, 3.63) is 101 Å². The number of aryl methyl sites for hydroxylation is 2. The third-order valence-corrected chi connectivity index (χ3v) is 6.39. The normalized spacial score (nSPS) is 11.5. The minimum Gasteiger partial charge on any atom is -0.325 e. The molecule has 5 nitrogen and oxygen atoms in total. The molecule has 0 bridgehead atoms. The molecule has 0 saturated heterocycles. The van der Waals surface area contributed by atoms with Crippen LogP contribution in [0.25, 0.3) is 5.69 Å². The Morgan fingerprint density at radius 2 is 1.71 bits per heavy atom. The van der Waals surface area contributed by atoms with Crippen molar-refractivity contribution in [2.75, 3.05) is 11.1 Å². The zero-order chi connectivity index (χ0) is 25.0. The van der Waals surface area contributed by atoms with E-state index in [1.165, 1.54) is 23.9 Å². The van der Waals surface area contributed by atoms with E-state index in [9.17, 15) is 18.0 Å². The van der Waals surface area contributed by atoms with E-state index < -0.39 is 17.6 Å². The molecule has 1 aromatic heterocycles. The summed E-state index contributed by atoms with van der Waals surface area (Å²) >= 11 is 1.18. The van der Waals surface area contributed by atoms with Crippen LogP contribution in [0.2, 0.25) is 0 Å². The number of rotatable bonds is 7. The molecule has 0 saturated carbocycles. The van der Waals surface area contributed by atoms with Gasteiger partial charge in [0.05, 0.1) is 11.3 Å². The van der Waals surface area contributed by atoms with E-state index in [-0.39, 0.29) is 11.4 Å². The van der Waals surface area contributed by atoms with E-state index in [2.05, 4.69) is 15.5 Å². The molecule has 0 aliphatic carbocycles. The average Bonchev–Trinajstić information content (AvgIpc) is 3.22. The van der Waals surface area contributed by atoms with Gasteiger partial charge in [0.25, 0.3) is 0 Å². The van der Waals surface area contributed by atoms with Crippen molar-refractivity contribution in [2.45, 2.75) is 31.6 Å². The summed E-state index contributed by atoms with van der Waals surface area (Å²) in [6.45, 7) is 4.05. The Morgan fingerprint density at radius 1 is 0.943 bits per heavy atom. The van der Waals surface area contributed by atoms with E-state index >= 15 is 0 Å². The molecule has 180 valence electrons. The molecule has 0 radical (unpaired) electrons. The lowest BCUT2D eigenvalue weighted by molar-refractivity contribution is -0.137. The SMILES string of the molecule is Cc1ccc(-n2c(Cc3ccccc3)nnc2SCC(=O)Nc2cccc(C(F)(F)F)c2)cc1C. The fourth-order valence-electron chi connectivity index (χ4n) is 3.51. The van der Waals surface area contributed by atoms with Gasteiger partial charge >= 0.3 is 6.18 Å². The third kappa shape index (κ3) is 6.10. The van der Waals surface area contributed by atoms with E-state index in [1.807, 2.05) is 66.9 Å². The predicted octanol–water partition coefficient (Wildman–Crippen LogP) is 6.22. The number of anilines is 1. The van der Waals surface area contributed by atoms with Crippen LogP contribution in [0.3, 0.4) is 0 Å². The summed E-state index contributed by atoms with van der Waals surface area (Å²) in [5.41, 5.74) is 3.49. The average molecular weight is 497 g/mol. The van der Waals surface area contributed by atoms with Crippen molar-refractivity contribution in [1.82, 2.24) is 14.8 Å². The summed E-state index contributed by atoms with van der Waals surface area (Å²) in [5.74, 6) is 0.249. The summed E-state index contributed by atoms with van der Waals surface area (Å²) in [5, 5.41) is 11.7. The molecular formula is C26H23F3N4OS. The van der Waals surface area contributed by atoms with Gasteiger partial charge in [-0.25, -0.2) is 0 Å². The molecule has 4 aromatic rings. The molecule has 9 heteroatoms. The maximum Gasteiger partial charge on any atom is 0.416 e. The van der Waals surface area contributed by atoms with Crippen LogP contribution in [0, 0.1) is 13.8 Å². The molecule has 1 heterocycles. The van der Waals surface area contributed by atoms with Crippen LogP contribution in [0.15, 0.2) is 78.0 Å². The summed E-state index contributed by atoms with van der Waals surface area (Å²) in [6.07, 6.45) is -3.93. The van der Waals surface area contributed by atoms with Gasteiger partial charge in [-0.1, -0.05) is 54.2 Å². The quantitative estimate of drug-likeness (QED) is 0.309. The molecule has 4 rings (SSSR count). The molecule has 0 spiro atoms. The Hall–Kier alpha value is -3.59. The standard InChI is InChI=1S/C26H23F3N4OS/c1-17-11-12-22(13-18(17)2)33-23(14-19-7-4-3-5-8-19)31-32-25(33)35-16-24(34)30-21-10-6-9-20(15-21)26(27,28)29/h3-13,15H,14,16H2,1-2H3,(H,30,34). The second-order valence-corrected chi connectivity index (χ2v) is 9.02. The van der Waals surface area contributed by atoms with Gasteiger partial charge in [0, 0.05) is 17.8 Å². The lowest BCUT2D eigenvalue weighted by Gasteiger charge is -2.13. The second kappa shape index (κ2) is 10.4. The first-order chi connectivity index (χ1) is 16.7. The van der Waals surface area contributed by atoms with Gasteiger partial charge < -0.3 is 5.32 Å². The summed E-state index contributed by atoms with van der Waals surface area (Å²) in [6, 6.07) is 20.5.